The van der Waals surface area contributed by atoms with E-state index >= 15 is 0 Å². The Morgan fingerprint density at radius 3 is 1.67 bits per heavy atom. The summed E-state index contributed by atoms with van der Waals surface area (Å²) >= 11 is 0. The summed E-state index contributed by atoms with van der Waals surface area (Å²) in [6, 6.07) is 0. The summed E-state index contributed by atoms with van der Waals surface area (Å²) in [6.45, 7) is 4.20. The average Bonchev–Trinajstić information content (AvgIpc) is 2.22. The first-order chi connectivity index (χ1) is 3.45. The van der Waals surface area contributed by atoms with Crippen LogP contribution in [0.2, 0.25) is 0 Å². The van der Waals surface area contributed by atoms with Crippen molar-refractivity contribution >= 4 is 24.8 Å². The Morgan fingerprint density at radius 1 is 1.00 bits per heavy atom. The lowest BCUT2D eigenvalue weighted by Gasteiger charge is -2.09. The molecular weight excluding hydrogens is 157 g/mol. The SMILES string of the molecule is C1CN2CCC1C2.Cl.Cl. The lowest BCUT2D eigenvalue weighted by Crippen LogP contribution is -2.15. The van der Waals surface area contributed by atoms with Gasteiger partial charge in [0.05, 0.1) is 0 Å². The lowest BCUT2D eigenvalue weighted by atomic mass is 10.1. The Labute approximate surface area is 68.6 Å². The van der Waals surface area contributed by atoms with Crippen molar-refractivity contribution in [2.24, 2.45) is 5.92 Å². The third-order valence-electron chi connectivity index (χ3n) is 2.22. The summed E-state index contributed by atoms with van der Waals surface area (Å²) in [5.74, 6) is 1.10. The van der Waals surface area contributed by atoms with Crippen molar-refractivity contribution in [3.05, 3.63) is 0 Å². The Kier molecular flexibility index (Phi) is 3.86. The van der Waals surface area contributed by atoms with Gasteiger partial charge in [0.15, 0.2) is 0 Å². The van der Waals surface area contributed by atoms with Crippen LogP contribution in [0.4, 0.5) is 0 Å². The number of hydrogen-bond donors (Lipinski definition) is 0. The highest BCUT2D eigenvalue weighted by molar-refractivity contribution is 5.85. The Balaban J connectivity index is 0.000000320. The molecule has 0 atom stereocenters. The van der Waals surface area contributed by atoms with Crippen LogP contribution in [0.15, 0.2) is 0 Å². The van der Waals surface area contributed by atoms with Crippen LogP contribution < -0.4 is 0 Å². The fraction of sp³-hybridized carbons (Fsp3) is 1.00. The Morgan fingerprint density at radius 2 is 1.56 bits per heavy atom. The predicted molar refractivity (Wildman–Crippen MR) is 43.7 cm³/mol. The van der Waals surface area contributed by atoms with Gasteiger partial charge >= 0.3 is 0 Å². The van der Waals surface area contributed by atoms with Gasteiger partial charge in [-0.05, 0) is 31.8 Å². The van der Waals surface area contributed by atoms with Crippen LogP contribution in [0.5, 0.6) is 0 Å². The topological polar surface area (TPSA) is 3.24 Å². The number of hydrogen-bond acceptors (Lipinski definition) is 1. The van der Waals surface area contributed by atoms with Crippen molar-refractivity contribution in [2.75, 3.05) is 19.6 Å². The van der Waals surface area contributed by atoms with Gasteiger partial charge in [0.2, 0.25) is 0 Å². The van der Waals surface area contributed by atoms with Gasteiger partial charge in [-0.15, -0.1) is 24.8 Å². The van der Waals surface area contributed by atoms with Crippen LogP contribution in [-0.4, -0.2) is 24.5 Å². The van der Waals surface area contributed by atoms with Crippen molar-refractivity contribution in [3.8, 4) is 0 Å². The van der Waals surface area contributed by atoms with E-state index in [4.69, 9.17) is 0 Å². The maximum atomic E-state index is 2.56. The molecule has 0 aliphatic carbocycles. The molecule has 9 heavy (non-hydrogen) atoms. The average molecular weight is 170 g/mol. The molecule has 1 nitrogen and oxygen atoms in total. The number of piperidine rings is 1. The van der Waals surface area contributed by atoms with E-state index in [1.165, 1.54) is 32.5 Å². The van der Waals surface area contributed by atoms with Crippen molar-refractivity contribution in [3.63, 3.8) is 0 Å². The fourth-order valence-electron chi connectivity index (χ4n) is 1.72. The minimum atomic E-state index is 0. The van der Waals surface area contributed by atoms with Gasteiger partial charge in [0.25, 0.3) is 0 Å². The van der Waals surface area contributed by atoms with Gasteiger partial charge < -0.3 is 4.90 Å². The molecule has 2 rings (SSSR count). The second-order valence-corrected chi connectivity index (χ2v) is 2.74. The number of nitrogens with zero attached hydrogens (tertiary/aromatic N) is 1. The van der Waals surface area contributed by atoms with Gasteiger partial charge in [0, 0.05) is 6.54 Å². The molecule has 0 aromatic carbocycles. The third-order valence-corrected chi connectivity index (χ3v) is 2.22. The monoisotopic (exact) mass is 169 g/mol. The molecule has 0 unspecified atom stereocenters. The molecule has 0 aromatic rings. The molecule has 2 aliphatic heterocycles. The molecule has 0 amide bonds. The summed E-state index contributed by atoms with van der Waals surface area (Å²) in [6.07, 6.45) is 2.97. The van der Waals surface area contributed by atoms with E-state index in [0.29, 0.717) is 0 Å². The van der Waals surface area contributed by atoms with Gasteiger partial charge in [-0.1, -0.05) is 0 Å². The molecule has 2 bridgehead atoms. The van der Waals surface area contributed by atoms with Crippen LogP contribution in [0.1, 0.15) is 12.8 Å². The summed E-state index contributed by atoms with van der Waals surface area (Å²) in [5.41, 5.74) is 0. The third kappa shape index (κ3) is 1.73. The van der Waals surface area contributed by atoms with Crippen molar-refractivity contribution in [2.45, 2.75) is 12.8 Å². The zero-order chi connectivity index (χ0) is 4.69. The van der Waals surface area contributed by atoms with E-state index in [2.05, 4.69) is 4.90 Å². The highest BCUT2D eigenvalue weighted by atomic mass is 35.5. The van der Waals surface area contributed by atoms with Crippen molar-refractivity contribution < 1.29 is 0 Å². The molecule has 2 fully saturated rings. The highest BCUT2D eigenvalue weighted by Crippen LogP contribution is 2.26. The zero-order valence-electron chi connectivity index (χ0n) is 5.38. The lowest BCUT2D eigenvalue weighted by molar-refractivity contribution is 0.368. The van der Waals surface area contributed by atoms with E-state index in [-0.39, 0.29) is 24.8 Å². The Hall–Kier alpha value is 0.540. The van der Waals surface area contributed by atoms with Crippen LogP contribution in [0, 0.1) is 5.92 Å². The number of halogens is 2. The first-order valence-corrected chi connectivity index (χ1v) is 3.17. The van der Waals surface area contributed by atoms with E-state index in [1.807, 2.05) is 0 Å². The Bertz CT molecular complexity index is 69.1. The van der Waals surface area contributed by atoms with E-state index < -0.39 is 0 Å². The second kappa shape index (κ2) is 3.65. The standard InChI is InChI=1S/C6H11N.2ClH/c1-3-7-4-2-6(1)5-7;;/h6H,1-5H2;2*1H. The normalized spacial score (nSPS) is 37.3. The van der Waals surface area contributed by atoms with Gasteiger partial charge in [0.1, 0.15) is 0 Å². The summed E-state index contributed by atoms with van der Waals surface area (Å²) in [5, 5.41) is 0. The maximum absolute atomic E-state index is 2.56. The smallest absolute Gasteiger partial charge is 0.00106 e. The molecule has 3 heteroatoms. The minimum absolute atomic E-state index is 0. The molecule has 0 saturated carbocycles. The van der Waals surface area contributed by atoms with E-state index in [0.717, 1.165) is 5.92 Å². The van der Waals surface area contributed by atoms with Crippen LogP contribution in [0.3, 0.4) is 0 Å². The van der Waals surface area contributed by atoms with Crippen molar-refractivity contribution in [1.82, 2.24) is 4.90 Å². The molecule has 0 spiro atoms. The zero-order valence-corrected chi connectivity index (χ0v) is 7.01. The molecule has 56 valence electrons. The molecule has 2 heterocycles. The van der Waals surface area contributed by atoms with E-state index in [1.54, 1.807) is 0 Å². The quantitative estimate of drug-likeness (QED) is 0.533. The molecule has 0 aromatic heterocycles. The summed E-state index contributed by atoms with van der Waals surface area (Å²) in [4.78, 5) is 2.56. The van der Waals surface area contributed by atoms with Gasteiger partial charge in [-0.25, -0.2) is 0 Å². The van der Waals surface area contributed by atoms with Crippen LogP contribution >= 0.6 is 24.8 Å². The van der Waals surface area contributed by atoms with Gasteiger partial charge in [-0.2, -0.15) is 0 Å². The number of rotatable bonds is 0. The van der Waals surface area contributed by atoms with Crippen LogP contribution in [0.25, 0.3) is 0 Å². The first kappa shape index (κ1) is 9.54. The largest absolute Gasteiger partial charge is 0.303 e. The molecule has 0 radical (unpaired) electrons. The van der Waals surface area contributed by atoms with Gasteiger partial charge in [-0.3, -0.25) is 0 Å². The summed E-state index contributed by atoms with van der Waals surface area (Å²) in [7, 11) is 0. The first-order valence-electron chi connectivity index (χ1n) is 3.17. The van der Waals surface area contributed by atoms with Crippen LogP contribution in [-0.2, 0) is 0 Å². The fourth-order valence-corrected chi connectivity index (χ4v) is 1.72. The molecule has 2 aliphatic rings. The van der Waals surface area contributed by atoms with Crippen molar-refractivity contribution in [1.29, 1.82) is 0 Å². The minimum Gasteiger partial charge on any atom is -0.303 e. The maximum Gasteiger partial charge on any atom is 0.00106 e. The predicted octanol–water partition coefficient (Wildman–Crippen LogP) is 1.56. The second-order valence-electron chi connectivity index (χ2n) is 2.74. The molecule has 0 N–H and O–H groups in total. The molecule has 2 saturated heterocycles. The number of fused-ring (bicyclic) bond motifs is 2. The van der Waals surface area contributed by atoms with E-state index in [9.17, 15) is 0 Å². The molecular formula is C6H13Cl2N. The highest BCUT2D eigenvalue weighted by Gasteiger charge is 2.28. The summed E-state index contributed by atoms with van der Waals surface area (Å²) < 4.78 is 0.